The smallest absolute Gasteiger partial charge is 0.306 e. The maximum Gasteiger partial charge on any atom is 0.306 e. The van der Waals surface area contributed by atoms with Gasteiger partial charge in [-0.05, 0) is 18.1 Å². The molecule has 0 radical (unpaired) electrons. The summed E-state index contributed by atoms with van der Waals surface area (Å²) in [6.07, 6.45) is 0.260. The molecule has 0 aliphatic heterocycles. The zero-order chi connectivity index (χ0) is 11.4. The average molecular weight is 212 g/mol. The molecule has 82 valence electrons. The van der Waals surface area contributed by atoms with E-state index >= 15 is 0 Å². The standard InChI is InChI=1S/C11H13FO3/c1-7(11(13)14)6-8-4-3-5-9(12)10(8)15-2/h3-5,7H,6H2,1-2H3,(H,13,14). The number of rotatable bonds is 4. The Morgan fingerprint density at radius 2 is 2.27 bits per heavy atom. The zero-order valence-electron chi connectivity index (χ0n) is 8.66. The Bertz CT molecular complexity index is 363. The van der Waals surface area contributed by atoms with Crippen LogP contribution in [-0.4, -0.2) is 18.2 Å². The summed E-state index contributed by atoms with van der Waals surface area (Å²) in [6.45, 7) is 1.58. The molecule has 0 amide bonds. The van der Waals surface area contributed by atoms with Crippen LogP contribution in [0.15, 0.2) is 18.2 Å². The summed E-state index contributed by atoms with van der Waals surface area (Å²) >= 11 is 0. The highest BCUT2D eigenvalue weighted by Crippen LogP contribution is 2.24. The molecule has 0 saturated heterocycles. The molecule has 1 unspecified atom stereocenters. The maximum atomic E-state index is 13.2. The van der Waals surface area contributed by atoms with Gasteiger partial charge in [0.2, 0.25) is 0 Å². The van der Waals surface area contributed by atoms with Crippen LogP contribution in [0.25, 0.3) is 0 Å². The van der Waals surface area contributed by atoms with Crippen LogP contribution < -0.4 is 4.74 Å². The molecule has 0 fully saturated rings. The first-order chi connectivity index (χ1) is 7.06. The van der Waals surface area contributed by atoms with Gasteiger partial charge < -0.3 is 9.84 Å². The number of hydrogen-bond donors (Lipinski definition) is 1. The summed E-state index contributed by atoms with van der Waals surface area (Å²) in [5.41, 5.74) is 0.576. The minimum absolute atomic E-state index is 0.130. The third-order valence-electron chi connectivity index (χ3n) is 2.20. The van der Waals surface area contributed by atoms with Crippen LogP contribution >= 0.6 is 0 Å². The number of ether oxygens (including phenoxy) is 1. The van der Waals surface area contributed by atoms with E-state index in [2.05, 4.69) is 0 Å². The predicted molar refractivity (Wildman–Crippen MR) is 53.5 cm³/mol. The van der Waals surface area contributed by atoms with E-state index in [0.29, 0.717) is 5.56 Å². The van der Waals surface area contributed by atoms with Gasteiger partial charge in [0.25, 0.3) is 0 Å². The van der Waals surface area contributed by atoms with E-state index in [1.807, 2.05) is 0 Å². The fraction of sp³-hybridized carbons (Fsp3) is 0.364. The number of carbonyl (C=O) groups is 1. The number of para-hydroxylation sites is 1. The predicted octanol–water partition coefficient (Wildman–Crippen LogP) is 2.10. The van der Waals surface area contributed by atoms with Crippen LogP contribution in [0.4, 0.5) is 4.39 Å². The molecule has 15 heavy (non-hydrogen) atoms. The Morgan fingerprint density at radius 1 is 1.60 bits per heavy atom. The molecular weight excluding hydrogens is 199 g/mol. The number of methoxy groups -OCH3 is 1. The summed E-state index contributed by atoms with van der Waals surface area (Å²) < 4.78 is 18.1. The topological polar surface area (TPSA) is 46.5 Å². The van der Waals surface area contributed by atoms with Gasteiger partial charge in [-0.25, -0.2) is 4.39 Å². The second kappa shape index (κ2) is 4.77. The molecule has 0 spiro atoms. The van der Waals surface area contributed by atoms with Gasteiger partial charge in [0.05, 0.1) is 13.0 Å². The van der Waals surface area contributed by atoms with Gasteiger partial charge in [-0.2, -0.15) is 0 Å². The van der Waals surface area contributed by atoms with E-state index < -0.39 is 17.7 Å². The van der Waals surface area contributed by atoms with Crippen molar-refractivity contribution in [3.05, 3.63) is 29.6 Å². The summed E-state index contributed by atoms with van der Waals surface area (Å²) in [5.74, 6) is -1.79. The van der Waals surface area contributed by atoms with Crippen molar-refractivity contribution in [2.24, 2.45) is 5.92 Å². The molecule has 1 atom stereocenters. The zero-order valence-corrected chi connectivity index (χ0v) is 8.66. The Morgan fingerprint density at radius 3 is 2.80 bits per heavy atom. The summed E-state index contributed by atoms with van der Waals surface area (Å²) in [4.78, 5) is 10.7. The lowest BCUT2D eigenvalue weighted by Crippen LogP contribution is -2.13. The highest BCUT2D eigenvalue weighted by Gasteiger charge is 2.16. The molecule has 1 N–H and O–H groups in total. The molecular formula is C11H13FO3. The van der Waals surface area contributed by atoms with Crippen molar-refractivity contribution in [3.8, 4) is 5.75 Å². The monoisotopic (exact) mass is 212 g/mol. The third-order valence-corrected chi connectivity index (χ3v) is 2.20. The number of hydrogen-bond acceptors (Lipinski definition) is 2. The van der Waals surface area contributed by atoms with Gasteiger partial charge in [0, 0.05) is 0 Å². The Hall–Kier alpha value is -1.58. The Labute approximate surface area is 87.5 Å². The number of carboxylic acid groups (broad SMARTS) is 1. The molecule has 0 heterocycles. The first-order valence-electron chi connectivity index (χ1n) is 4.60. The normalized spacial score (nSPS) is 12.2. The van der Waals surface area contributed by atoms with Gasteiger partial charge in [0.15, 0.2) is 11.6 Å². The van der Waals surface area contributed by atoms with Gasteiger partial charge in [0.1, 0.15) is 0 Å². The molecule has 1 aromatic rings. The molecule has 0 aliphatic rings. The van der Waals surface area contributed by atoms with Gasteiger partial charge >= 0.3 is 5.97 Å². The molecule has 1 rings (SSSR count). The van der Waals surface area contributed by atoms with Crippen LogP contribution in [0.5, 0.6) is 5.75 Å². The van der Waals surface area contributed by atoms with Crippen molar-refractivity contribution in [2.75, 3.05) is 7.11 Å². The van der Waals surface area contributed by atoms with Gasteiger partial charge in [-0.15, -0.1) is 0 Å². The Kier molecular flexibility index (Phi) is 3.66. The lowest BCUT2D eigenvalue weighted by atomic mass is 10.0. The van der Waals surface area contributed by atoms with E-state index in [1.165, 1.54) is 13.2 Å². The summed E-state index contributed by atoms with van der Waals surface area (Å²) in [5, 5.41) is 8.74. The second-order valence-corrected chi connectivity index (χ2v) is 3.38. The van der Waals surface area contributed by atoms with Crippen LogP contribution in [0.3, 0.4) is 0 Å². The molecule has 1 aromatic carbocycles. The van der Waals surface area contributed by atoms with Crippen molar-refractivity contribution in [1.29, 1.82) is 0 Å². The average Bonchev–Trinajstić information content (AvgIpc) is 2.18. The quantitative estimate of drug-likeness (QED) is 0.831. The molecule has 0 bridgehead atoms. The number of carboxylic acids is 1. The van der Waals surface area contributed by atoms with E-state index in [4.69, 9.17) is 9.84 Å². The van der Waals surface area contributed by atoms with Gasteiger partial charge in [-0.3, -0.25) is 4.79 Å². The first kappa shape index (κ1) is 11.5. The SMILES string of the molecule is COc1c(F)cccc1CC(C)C(=O)O. The van der Waals surface area contributed by atoms with Crippen molar-refractivity contribution >= 4 is 5.97 Å². The van der Waals surface area contributed by atoms with E-state index in [9.17, 15) is 9.18 Å². The lowest BCUT2D eigenvalue weighted by molar-refractivity contribution is -0.141. The molecule has 0 aromatic heterocycles. The van der Waals surface area contributed by atoms with E-state index in [-0.39, 0.29) is 12.2 Å². The Balaban J connectivity index is 2.94. The maximum absolute atomic E-state index is 13.2. The van der Waals surface area contributed by atoms with Crippen molar-refractivity contribution in [3.63, 3.8) is 0 Å². The highest BCUT2D eigenvalue weighted by atomic mass is 19.1. The van der Waals surface area contributed by atoms with Gasteiger partial charge in [-0.1, -0.05) is 19.1 Å². The highest BCUT2D eigenvalue weighted by molar-refractivity contribution is 5.70. The van der Waals surface area contributed by atoms with Crippen LogP contribution in [0, 0.1) is 11.7 Å². The van der Waals surface area contributed by atoms with Crippen molar-refractivity contribution in [1.82, 2.24) is 0 Å². The number of halogens is 1. The molecule has 4 heteroatoms. The minimum Gasteiger partial charge on any atom is -0.493 e. The first-order valence-corrected chi connectivity index (χ1v) is 4.60. The van der Waals surface area contributed by atoms with E-state index in [0.717, 1.165) is 0 Å². The molecule has 0 aliphatic carbocycles. The van der Waals surface area contributed by atoms with Crippen LogP contribution in [-0.2, 0) is 11.2 Å². The lowest BCUT2D eigenvalue weighted by Gasteiger charge is -2.11. The third kappa shape index (κ3) is 2.68. The van der Waals surface area contributed by atoms with Crippen LogP contribution in [0.2, 0.25) is 0 Å². The fourth-order valence-electron chi connectivity index (χ4n) is 1.36. The van der Waals surface area contributed by atoms with Crippen LogP contribution in [0.1, 0.15) is 12.5 Å². The van der Waals surface area contributed by atoms with Crippen molar-refractivity contribution < 1.29 is 19.0 Å². The largest absolute Gasteiger partial charge is 0.493 e. The fourth-order valence-corrected chi connectivity index (χ4v) is 1.36. The van der Waals surface area contributed by atoms with E-state index in [1.54, 1.807) is 19.1 Å². The minimum atomic E-state index is -0.902. The van der Waals surface area contributed by atoms with Crippen molar-refractivity contribution in [2.45, 2.75) is 13.3 Å². The molecule has 3 nitrogen and oxygen atoms in total. The summed E-state index contributed by atoms with van der Waals surface area (Å²) in [7, 11) is 1.37. The number of aliphatic carboxylic acids is 1. The summed E-state index contributed by atoms with van der Waals surface area (Å²) in [6, 6.07) is 4.50. The second-order valence-electron chi connectivity index (χ2n) is 3.38. The molecule has 0 saturated carbocycles. The number of benzene rings is 1.